The predicted octanol–water partition coefficient (Wildman–Crippen LogP) is 1.58. The summed E-state index contributed by atoms with van der Waals surface area (Å²) in [4.78, 5) is 8.94. The Morgan fingerprint density at radius 3 is 2.50 bits per heavy atom. The molecule has 60 valence electrons. The summed E-state index contributed by atoms with van der Waals surface area (Å²) in [5, 5.41) is 0. The molecule has 10 heavy (non-hydrogen) atoms. The third kappa shape index (κ3) is 3.10. The van der Waals surface area contributed by atoms with Gasteiger partial charge in [-0.1, -0.05) is 15.9 Å². The van der Waals surface area contributed by atoms with Gasteiger partial charge in [-0.3, -0.25) is 4.79 Å². The first-order valence-corrected chi connectivity index (χ1v) is 3.60. The van der Waals surface area contributed by atoms with Crippen molar-refractivity contribution in [3.05, 3.63) is 0 Å². The Balaban J connectivity index is 3.71. The highest BCUT2D eigenvalue weighted by atomic mass is 79.9. The summed E-state index contributed by atoms with van der Waals surface area (Å²) in [6.45, 7) is 1.68. The molecule has 0 aliphatic carbocycles. The summed E-state index contributed by atoms with van der Waals surface area (Å²) in [6, 6.07) is 0. The fraction of sp³-hybridized carbons (Fsp3) is 0.800. The van der Waals surface area contributed by atoms with E-state index < -0.39 is 17.2 Å². The zero-order chi connectivity index (χ0) is 8.15. The van der Waals surface area contributed by atoms with Crippen LogP contribution >= 0.6 is 15.9 Å². The van der Waals surface area contributed by atoms with Gasteiger partial charge in [0.2, 0.25) is 0 Å². The van der Waals surface area contributed by atoms with E-state index in [-0.39, 0.29) is 6.61 Å². The third-order valence-corrected chi connectivity index (χ3v) is 1.51. The van der Waals surface area contributed by atoms with Crippen LogP contribution in [-0.4, -0.2) is 23.8 Å². The molecule has 0 rings (SSSR count). The molecule has 2 nitrogen and oxygen atoms in total. The van der Waals surface area contributed by atoms with Gasteiger partial charge in [0, 0.05) is 0 Å². The lowest BCUT2D eigenvalue weighted by Crippen LogP contribution is -2.24. The third-order valence-electron chi connectivity index (χ3n) is 0.733. The van der Waals surface area contributed by atoms with Gasteiger partial charge in [-0.25, -0.2) is 8.78 Å². The van der Waals surface area contributed by atoms with Gasteiger partial charge in [0.15, 0.2) is 4.83 Å². The monoisotopic (exact) mass is 216 g/mol. The molecule has 1 atom stereocenters. The van der Waals surface area contributed by atoms with E-state index in [1.807, 2.05) is 0 Å². The number of ether oxygens (including phenoxy) is 1. The van der Waals surface area contributed by atoms with Crippen LogP contribution < -0.4 is 0 Å². The largest absolute Gasteiger partial charge is 0.465 e. The van der Waals surface area contributed by atoms with Gasteiger partial charge < -0.3 is 4.74 Å². The van der Waals surface area contributed by atoms with E-state index in [0.29, 0.717) is 0 Å². The number of hydrogen-bond donors (Lipinski definition) is 0. The second-order valence-corrected chi connectivity index (χ2v) is 2.47. The first-order chi connectivity index (χ1) is 4.59. The lowest BCUT2D eigenvalue weighted by molar-refractivity contribution is -0.144. The Bertz CT molecular complexity index is 118. The Morgan fingerprint density at radius 1 is 1.70 bits per heavy atom. The molecular weight excluding hydrogens is 210 g/mol. The first kappa shape index (κ1) is 9.81. The van der Waals surface area contributed by atoms with Crippen LogP contribution in [0, 0.1) is 0 Å². The molecule has 0 N–H and O–H groups in total. The Hall–Kier alpha value is -0.190. The van der Waals surface area contributed by atoms with Gasteiger partial charge in [0.25, 0.3) is 6.43 Å². The van der Waals surface area contributed by atoms with Crippen molar-refractivity contribution in [2.45, 2.75) is 18.2 Å². The molecule has 0 aliphatic rings. The van der Waals surface area contributed by atoms with Crippen molar-refractivity contribution in [1.29, 1.82) is 0 Å². The average Bonchev–Trinajstić information content (AvgIpc) is 1.87. The number of esters is 1. The van der Waals surface area contributed by atoms with Crippen molar-refractivity contribution in [3.63, 3.8) is 0 Å². The van der Waals surface area contributed by atoms with Crippen LogP contribution in [0.2, 0.25) is 0 Å². The van der Waals surface area contributed by atoms with Gasteiger partial charge >= 0.3 is 5.97 Å². The fourth-order valence-electron chi connectivity index (χ4n) is 0.325. The summed E-state index contributed by atoms with van der Waals surface area (Å²) in [5.74, 6) is -0.919. The molecule has 0 aromatic rings. The summed E-state index contributed by atoms with van der Waals surface area (Å²) < 4.78 is 27.6. The number of halogens is 3. The first-order valence-electron chi connectivity index (χ1n) is 2.68. The van der Waals surface area contributed by atoms with E-state index >= 15 is 0 Å². The van der Waals surface area contributed by atoms with Crippen molar-refractivity contribution < 1.29 is 18.3 Å². The Labute approximate surface area is 65.7 Å². The highest BCUT2D eigenvalue weighted by Crippen LogP contribution is 2.12. The zero-order valence-electron chi connectivity index (χ0n) is 5.31. The van der Waals surface area contributed by atoms with Crippen LogP contribution in [0.5, 0.6) is 0 Å². The fourth-order valence-corrected chi connectivity index (χ4v) is 0.457. The molecule has 0 bridgehead atoms. The van der Waals surface area contributed by atoms with Crippen LogP contribution in [0.25, 0.3) is 0 Å². The van der Waals surface area contributed by atoms with Crippen LogP contribution in [-0.2, 0) is 9.53 Å². The van der Waals surface area contributed by atoms with E-state index in [0.717, 1.165) is 0 Å². The van der Waals surface area contributed by atoms with Gasteiger partial charge in [0.1, 0.15) is 0 Å². The van der Waals surface area contributed by atoms with E-state index in [4.69, 9.17) is 0 Å². The molecule has 1 unspecified atom stereocenters. The van der Waals surface area contributed by atoms with E-state index in [1.54, 1.807) is 6.92 Å². The number of hydrogen-bond acceptors (Lipinski definition) is 2. The highest BCUT2D eigenvalue weighted by Gasteiger charge is 2.25. The number of rotatable bonds is 3. The van der Waals surface area contributed by atoms with E-state index in [9.17, 15) is 13.6 Å². The molecule has 0 saturated carbocycles. The lowest BCUT2D eigenvalue weighted by Gasteiger charge is -2.06. The quantitative estimate of drug-likeness (QED) is 0.529. The number of alkyl halides is 3. The normalized spacial score (nSPS) is 13.3. The number of carbonyl (C=O) groups excluding carboxylic acids is 1. The maximum Gasteiger partial charge on any atom is 0.325 e. The van der Waals surface area contributed by atoms with Crippen LogP contribution in [0.4, 0.5) is 8.78 Å². The molecule has 0 heterocycles. The van der Waals surface area contributed by atoms with Gasteiger partial charge in [-0.15, -0.1) is 0 Å². The summed E-state index contributed by atoms with van der Waals surface area (Å²) in [7, 11) is 0. The molecule has 0 saturated heterocycles. The minimum absolute atomic E-state index is 0.119. The lowest BCUT2D eigenvalue weighted by atomic mass is 10.4. The summed E-state index contributed by atoms with van der Waals surface area (Å²) in [6.07, 6.45) is -2.71. The van der Waals surface area contributed by atoms with Crippen molar-refractivity contribution in [3.8, 4) is 0 Å². The van der Waals surface area contributed by atoms with Gasteiger partial charge in [-0.2, -0.15) is 0 Å². The molecule has 0 aromatic heterocycles. The predicted molar refractivity (Wildman–Crippen MR) is 35.4 cm³/mol. The molecule has 0 aliphatic heterocycles. The van der Waals surface area contributed by atoms with Gasteiger partial charge in [0.05, 0.1) is 6.61 Å². The Kier molecular flexibility index (Phi) is 4.51. The molecule has 0 fully saturated rings. The van der Waals surface area contributed by atoms with Crippen LogP contribution in [0.3, 0.4) is 0 Å². The molecule has 0 spiro atoms. The van der Waals surface area contributed by atoms with Crippen LogP contribution in [0.15, 0.2) is 0 Å². The second-order valence-electron chi connectivity index (χ2n) is 1.49. The van der Waals surface area contributed by atoms with E-state index in [1.165, 1.54) is 0 Å². The standard InChI is InChI=1S/C5H7BrF2O2/c1-2-10-5(9)3(6)4(7)8/h3-4H,2H2,1H3. The van der Waals surface area contributed by atoms with Crippen molar-refractivity contribution >= 4 is 21.9 Å². The zero-order valence-corrected chi connectivity index (χ0v) is 6.90. The Morgan fingerprint density at radius 2 is 2.20 bits per heavy atom. The molecule has 0 aromatic carbocycles. The van der Waals surface area contributed by atoms with E-state index in [2.05, 4.69) is 20.7 Å². The SMILES string of the molecule is CCOC(=O)C(Br)C(F)F. The second kappa shape index (κ2) is 4.60. The average molecular weight is 217 g/mol. The minimum atomic E-state index is -2.71. The highest BCUT2D eigenvalue weighted by molar-refractivity contribution is 9.10. The molecular formula is C5H7BrF2O2. The minimum Gasteiger partial charge on any atom is -0.465 e. The van der Waals surface area contributed by atoms with Crippen molar-refractivity contribution in [2.24, 2.45) is 0 Å². The summed E-state index contributed by atoms with van der Waals surface area (Å²) >= 11 is 2.48. The van der Waals surface area contributed by atoms with Gasteiger partial charge in [-0.05, 0) is 6.92 Å². The van der Waals surface area contributed by atoms with Crippen LogP contribution in [0.1, 0.15) is 6.92 Å². The maximum atomic E-state index is 11.7. The van der Waals surface area contributed by atoms with Crippen molar-refractivity contribution in [2.75, 3.05) is 6.61 Å². The van der Waals surface area contributed by atoms with Crippen molar-refractivity contribution in [1.82, 2.24) is 0 Å². The molecule has 5 heteroatoms. The summed E-state index contributed by atoms with van der Waals surface area (Å²) in [5.41, 5.74) is 0. The maximum absolute atomic E-state index is 11.7. The molecule has 0 radical (unpaired) electrons. The topological polar surface area (TPSA) is 26.3 Å². The number of carbonyl (C=O) groups is 1. The smallest absolute Gasteiger partial charge is 0.325 e. The molecule has 0 amide bonds.